The maximum absolute atomic E-state index is 14.4. The first kappa shape index (κ1) is 18.7. The molecule has 5 nitrogen and oxygen atoms in total. The van der Waals surface area contributed by atoms with Crippen molar-refractivity contribution in [1.29, 1.82) is 0 Å². The van der Waals surface area contributed by atoms with E-state index in [1.807, 2.05) is 20.9 Å². The predicted molar refractivity (Wildman–Crippen MR) is 98.2 cm³/mol. The topological polar surface area (TPSA) is 51.0 Å². The Hall–Kier alpha value is -3.09. The van der Waals surface area contributed by atoms with Crippen molar-refractivity contribution >= 4 is 11.6 Å². The van der Waals surface area contributed by atoms with Gasteiger partial charge in [0.05, 0.1) is 30.0 Å². The third kappa shape index (κ3) is 4.02. The molecule has 0 saturated carbocycles. The summed E-state index contributed by atoms with van der Waals surface area (Å²) in [5.74, 6) is -1.80. The Morgan fingerprint density at radius 1 is 1.19 bits per heavy atom. The first-order chi connectivity index (χ1) is 12.9. The average Bonchev–Trinajstić information content (AvgIpc) is 2.87. The lowest BCUT2D eigenvalue weighted by Crippen LogP contribution is -2.33. The molecule has 0 aliphatic rings. The highest BCUT2D eigenvalue weighted by atomic mass is 19.1. The van der Waals surface area contributed by atoms with Crippen LogP contribution in [0.15, 0.2) is 42.6 Å². The third-order valence-corrected chi connectivity index (χ3v) is 4.53. The summed E-state index contributed by atoms with van der Waals surface area (Å²) in [4.78, 5) is 18.6. The minimum Gasteiger partial charge on any atom is -0.303 e. The van der Waals surface area contributed by atoms with Gasteiger partial charge in [0.1, 0.15) is 11.6 Å². The van der Waals surface area contributed by atoms with Gasteiger partial charge in [-0.15, -0.1) is 0 Å². The van der Waals surface area contributed by atoms with Crippen molar-refractivity contribution in [1.82, 2.24) is 14.8 Å². The van der Waals surface area contributed by atoms with Gasteiger partial charge in [0, 0.05) is 30.6 Å². The number of hydrogen-bond donors (Lipinski definition) is 0. The molecule has 0 aliphatic carbocycles. The molecule has 2 heterocycles. The quantitative estimate of drug-likeness (QED) is 0.691. The van der Waals surface area contributed by atoms with Gasteiger partial charge in [0.15, 0.2) is 0 Å². The van der Waals surface area contributed by atoms with Crippen LogP contribution in [0.25, 0.3) is 0 Å². The van der Waals surface area contributed by atoms with Gasteiger partial charge in [-0.3, -0.25) is 14.5 Å². The van der Waals surface area contributed by atoms with E-state index in [1.54, 1.807) is 29.1 Å². The Balaban J connectivity index is 1.96. The molecule has 27 heavy (non-hydrogen) atoms. The largest absolute Gasteiger partial charge is 0.303 e. The van der Waals surface area contributed by atoms with Crippen LogP contribution in [-0.4, -0.2) is 20.7 Å². The normalized spacial score (nSPS) is 10.9. The second kappa shape index (κ2) is 7.65. The fourth-order valence-electron chi connectivity index (χ4n) is 2.98. The van der Waals surface area contributed by atoms with Crippen molar-refractivity contribution in [3.05, 3.63) is 76.9 Å². The highest BCUT2D eigenvalue weighted by Gasteiger charge is 2.23. The summed E-state index contributed by atoms with van der Waals surface area (Å²) in [6.07, 6.45) is 1.67. The minimum atomic E-state index is -0.793. The Morgan fingerprint density at radius 2 is 1.96 bits per heavy atom. The van der Waals surface area contributed by atoms with Gasteiger partial charge in [-0.25, -0.2) is 8.78 Å². The molecular weight excluding hydrogens is 350 g/mol. The Kier molecular flexibility index (Phi) is 5.30. The van der Waals surface area contributed by atoms with Crippen LogP contribution < -0.4 is 4.90 Å². The standard InChI is InChI=1S/C20H20F2N4O/c1-13-17(14(2)25(3)24-13)11-20(27)26(12-16-6-4-5-9-23-16)19-8-7-15(21)10-18(19)22/h4-10H,11-12H2,1-3H3. The highest BCUT2D eigenvalue weighted by molar-refractivity contribution is 5.95. The number of amides is 1. The van der Waals surface area contributed by atoms with E-state index in [1.165, 1.54) is 11.0 Å². The highest BCUT2D eigenvalue weighted by Crippen LogP contribution is 2.24. The second-order valence-electron chi connectivity index (χ2n) is 6.35. The Labute approximate surface area is 156 Å². The molecule has 0 aliphatic heterocycles. The smallest absolute Gasteiger partial charge is 0.231 e. The first-order valence-electron chi connectivity index (χ1n) is 8.51. The van der Waals surface area contributed by atoms with Crippen LogP contribution in [0.2, 0.25) is 0 Å². The summed E-state index contributed by atoms with van der Waals surface area (Å²) in [5.41, 5.74) is 3.05. The van der Waals surface area contributed by atoms with Crippen LogP contribution in [0.4, 0.5) is 14.5 Å². The van der Waals surface area contributed by atoms with Crippen LogP contribution >= 0.6 is 0 Å². The molecule has 1 aromatic carbocycles. The van der Waals surface area contributed by atoms with E-state index >= 15 is 0 Å². The minimum absolute atomic E-state index is 0.0197. The molecule has 0 N–H and O–H groups in total. The number of anilines is 1. The summed E-state index contributed by atoms with van der Waals surface area (Å²) in [6.45, 7) is 3.79. The first-order valence-corrected chi connectivity index (χ1v) is 8.51. The predicted octanol–water partition coefficient (Wildman–Crippen LogP) is 3.49. The molecule has 3 rings (SSSR count). The fourth-order valence-corrected chi connectivity index (χ4v) is 2.98. The van der Waals surface area contributed by atoms with Crippen molar-refractivity contribution in [2.24, 2.45) is 7.05 Å². The van der Waals surface area contributed by atoms with Crippen molar-refractivity contribution < 1.29 is 13.6 Å². The average molecular weight is 370 g/mol. The molecular formula is C20H20F2N4O. The zero-order valence-corrected chi connectivity index (χ0v) is 15.4. The van der Waals surface area contributed by atoms with Gasteiger partial charge in [-0.2, -0.15) is 5.10 Å². The van der Waals surface area contributed by atoms with Gasteiger partial charge in [-0.1, -0.05) is 6.07 Å². The van der Waals surface area contributed by atoms with Crippen molar-refractivity contribution in [2.45, 2.75) is 26.8 Å². The third-order valence-electron chi connectivity index (χ3n) is 4.53. The summed E-state index contributed by atoms with van der Waals surface area (Å²) < 4.78 is 29.4. The van der Waals surface area contributed by atoms with E-state index in [0.717, 1.165) is 29.1 Å². The van der Waals surface area contributed by atoms with Crippen LogP contribution in [0.1, 0.15) is 22.6 Å². The lowest BCUT2D eigenvalue weighted by Gasteiger charge is -2.23. The molecule has 7 heteroatoms. The molecule has 0 spiro atoms. The number of benzene rings is 1. The monoisotopic (exact) mass is 370 g/mol. The maximum Gasteiger partial charge on any atom is 0.231 e. The molecule has 0 fully saturated rings. The van der Waals surface area contributed by atoms with E-state index in [2.05, 4.69) is 10.1 Å². The molecule has 1 amide bonds. The number of rotatable bonds is 5. The molecule has 0 bridgehead atoms. The number of pyridine rings is 1. The number of hydrogen-bond acceptors (Lipinski definition) is 3. The van der Waals surface area contributed by atoms with E-state index in [0.29, 0.717) is 5.69 Å². The molecule has 0 atom stereocenters. The SMILES string of the molecule is Cc1nn(C)c(C)c1CC(=O)N(Cc1ccccn1)c1ccc(F)cc1F. The molecule has 3 aromatic rings. The summed E-state index contributed by atoms with van der Waals surface area (Å²) in [7, 11) is 1.81. The lowest BCUT2D eigenvalue weighted by molar-refractivity contribution is -0.118. The van der Waals surface area contributed by atoms with Gasteiger partial charge in [-0.05, 0) is 38.1 Å². The Bertz CT molecular complexity index is 970. The van der Waals surface area contributed by atoms with Crippen molar-refractivity contribution in [3.8, 4) is 0 Å². The van der Waals surface area contributed by atoms with E-state index in [4.69, 9.17) is 0 Å². The number of nitrogens with zero attached hydrogens (tertiary/aromatic N) is 4. The summed E-state index contributed by atoms with van der Waals surface area (Å²) in [5, 5.41) is 4.32. The maximum atomic E-state index is 14.4. The van der Waals surface area contributed by atoms with E-state index in [-0.39, 0.29) is 24.6 Å². The van der Waals surface area contributed by atoms with Crippen LogP contribution in [0, 0.1) is 25.5 Å². The van der Waals surface area contributed by atoms with Gasteiger partial charge < -0.3 is 4.90 Å². The van der Waals surface area contributed by atoms with Crippen LogP contribution in [0.3, 0.4) is 0 Å². The van der Waals surface area contributed by atoms with Gasteiger partial charge in [0.2, 0.25) is 5.91 Å². The molecule has 0 unspecified atom stereocenters. The number of carbonyl (C=O) groups excluding carboxylic acids is 1. The number of aromatic nitrogens is 3. The van der Waals surface area contributed by atoms with Gasteiger partial charge >= 0.3 is 0 Å². The summed E-state index contributed by atoms with van der Waals surface area (Å²) in [6, 6.07) is 8.49. The second-order valence-corrected chi connectivity index (χ2v) is 6.35. The lowest BCUT2D eigenvalue weighted by atomic mass is 10.1. The van der Waals surface area contributed by atoms with Crippen LogP contribution in [0.5, 0.6) is 0 Å². The zero-order valence-electron chi connectivity index (χ0n) is 15.4. The zero-order chi connectivity index (χ0) is 19.6. The van der Waals surface area contributed by atoms with E-state index in [9.17, 15) is 13.6 Å². The van der Waals surface area contributed by atoms with Crippen molar-refractivity contribution in [2.75, 3.05) is 4.90 Å². The molecule has 140 valence electrons. The fraction of sp³-hybridized carbons (Fsp3) is 0.250. The van der Waals surface area contributed by atoms with Gasteiger partial charge in [0.25, 0.3) is 0 Å². The number of carbonyl (C=O) groups is 1. The van der Waals surface area contributed by atoms with E-state index < -0.39 is 11.6 Å². The number of aryl methyl sites for hydroxylation is 2. The van der Waals surface area contributed by atoms with Crippen LogP contribution in [-0.2, 0) is 24.8 Å². The molecule has 0 radical (unpaired) electrons. The summed E-state index contributed by atoms with van der Waals surface area (Å²) >= 11 is 0. The molecule has 2 aromatic heterocycles. The Morgan fingerprint density at radius 3 is 2.56 bits per heavy atom. The molecule has 0 saturated heterocycles. The van der Waals surface area contributed by atoms with Crippen molar-refractivity contribution in [3.63, 3.8) is 0 Å². The number of halogens is 2.